The molecule has 0 spiro atoms. The molecule has 0 aliphatic heterocycles. The molecular weight excluding hydrogens is 316 g/mol. The molecule has 23 heavy (non-hydrogen) atoms. The maximum atomic E-state index is 12.2. The van der Waals surface area contributed by atoms with E-state index in [1.54, 1.807) is 20.8 Å². The number of esters is 1. The first-order chi connectivity index (χ1) is 10.8. The smallest absolute Gasteiger partial charge is 0.310 e. The Morgan fingerprint density at radius 1 is 1.26 bits per heavy atom. The zero-order valence-electron chi connectivity index (χ0n) is 14.2. The van der Waals surface area contributed by atoms with Crippen LogP contribution in [0.3, 0.4) is 0 Å². The van der Waals surface area contributed by atoms with Gasteiger partial charge < -0.3 is 4.74 Å². The van der Waals surface area contributed by atoms with Crippen molar-refractivity contribution in [2.24, 2.45) is 5.92 Å². The summed E-state index contributed by atoms with van der Waals surface area (Å²) in [5, 5.41) is 0. The summed E-state index contributed by atoms with van der Waals surface area (Å²) in [6.07, 6.45) is 0.424. The van der Waals surface area contributed by atoms with Gasteiger partial charge in [-0.2, -0.15) is 12.7 Å². The minimum atomic E-state index is -3.62. The molecule has 1 atom stereocenters. The van der Waals surface area contributed by atoms with E-state index < -0.39 is 22.1 Å². The van der Waals surface area contributed by atoms with E-state index in [1.165, 1.54) is 11.4 Å². The van der Waals surface area contributed by atoms with Crippen LogP contribution < -0.4 is 4.72 Å². The zero-order chi connectivity index (χ0) is 17.5. The number of carbonyl (C=O) groups excluding carboxylic acids is 1. The van der Waals surface area contributed by atoms with Gasteiger partial charge in [0.2, 0.25) is 0 Å². The summed E-state index contributed by atoms with van der Waals surface area (Å²) in [5.41, 5.74) is 0.960. The number of benzene rings is 1. The van der Waals surface area contributed by atoms with Crippen molar-refractivity contribution in [2.75, 3.05) is 20.2 Å². The number of ether oxygens (including phenoxy) is 1. The largest absolute Gasteiger partial charge is 0.466 e. The molecule has 1 aromatic rings. The number of carbonyl (C=O) groups is 1. The second kappa shape index (κ2) is 9.00. The van der Waals surface area contributed by atoms with Crippen molar-refractivity contribution in [3.8, 4) is 0 Å². The van der Waals surface area contributed by atoms with Crippen LogP contribution in [0.2, 0.25) is 0 Å². The molecular formula is C16H26N2O4S. The summed E-state index contributed by atoms with van der Waals surface area (Å²) in [6, 6.07) is 9.30. The first kappa shape index (κ1) is 19.6. The highest BCUT2D eigenvalue weighted by atomic mass is 32.2. The van der Waals surface area contributed by atoms with Gasteiger partial charge in [-0.25, -0.2) is 4.72 Å². The van der Waals surface area contributed by atoms with E-state index >= 15 is 0 Å². The SMILES string of the molecule is CCOC(=O)[C@@H](CNS(=O)(=O)N(C)C(C)C)Cc1ccccc1. The Hall–Kier alpha value is -1.44. The maximum Gasteiger partial charge on any atom is 0.310 e. The Kier molecular flexibility index (Phi) is 7.67. The number of nitrogens with one attached hydrogen (secondary N) is 1. The fourth-order valence-corrected chi connectivity index (χ4v) is 3.15. The topological polar surface area (TPSA) is 75.7 Å². The summed E-state index contributed by atoms with van der Waals surface area (Å²) >= 11 is 0. The fourth-order valence-electron chi connectivity index (χ4n) is 1.98. The molecule has 6 nitrogen and oxygen atoms in total. The average Bonchev–Trinajstić information content (AvgIpc) is 2.51. The quantitative estimate of drug-likeness (QED) is 0.692. The zero-order valence-corrected chi connectivity index (χ0v) is 15.0. The van der Waals surface area contributed by atoms with Crippen LogP contribution in [0.15, 0.2) is 30.3 Å². The lowest BCUT2D eigenvalue weighted by atomic mass is 10.00. The van der Waals surface area contributed by atoms with E-state index in [1.807, 2.05) is 30.3 Å². The van der Waals surface area contributed by atoms with E-state index in [0.717, 1.165) is 5.56 Å². The molecule has 0 saturated heterocycles. The third kappa shape index (κ3) is 6.29. The van der Waals surface area contributed by atoms with Gasteiger partial charge in [0.05, 0.1) is 12.5 Å². The second-order valence-electron chi connectivity index (χ2n) is 5.60. The number of hydrogen-bond donors (Lipinski definition) is 1. The van der Waals surface area contributed by atoms with Crippen molar-refractivity contribution < 1.29 is 17.9 Å². The van der Waals surface area contributed by atoms with E-state index in [4.69, 9.17) is 4.74 Å². The summed E-state index contributed by atoms with van der Waals surface area (Å²) in [6.45, 7) is 5.57. The third-order valence-electron chi connectivity index (χ3n) is 3.56. The molecule has 0 saturated carbocycles. The first-order valence-electron chi connectivity index (χ1n) is 7.71. The lowest BCUT2D eigenvalue weighted by molar-refractivity contribution is -0.147. The molecule has 0 aliphatic rings. The monoisotopic (exact) mass is 342 g/mol. The van der Waals surface area contributed by atoms with E-state index in [-0.39, 0.29) is 19.2 Å². The van der Waals surface area contributed by atoms with E-state index in [0.29, 0.717) is 6.42 Å². The van der Waals surface area contributed by atoms with Crippen LogP contribution in [0.1, 0.15) is 26.3 Å². The molecule has 0 heterocycles. The lowest BCUT2D eigenvalue weighted by Crippen LogP contribution is -2.44. The molecule has 0 bridgehead atoms. The van der Waals surface area contributed by atoms with Crippen LogP contribution >= 0.6 is 0 Å². The number of hydrogen-bond acceptors (Lipinski definition) is 4. The molecule has 0 amide bonds. The predicted molar refractivity (Wildman–Crippen MR) is 90.1 cm³/mol. The van der Waals surface area contributed by atoms with Crippen molar-refractivity contribution in [3.05, 3.63) is 35.9 Å². The number of nitrogens with zero attached hydrogens (tertiary/aromatic N) is 1. The van der Waals surface area contributed by atoms with Gasteiger partial charge in [0.15, 0.2) is 0 Å². The molecule has 1 aromatic carbocycles. The molecule has 1 rings (SSSR count). The average molecular weight is 342 g/mol. The van der Waals surface area contributed by atoms with E-state index in [9.17, 15) is 13.2 Å². The van der Waals surface area contributed by atoms with Crippen LogP contribution in [0.4, 0.5) is 0 Å². The van der Waals surface area contributed by atoms with Gasteiger partial charge in [-0.05, 0) is 32.8 Å². The molecule has 0 radical (unpaired) electrons. The molecule has 0 unspecified atom stereocenters. The van der Waals surface area contributed by atoms with Crippen LogP contribution in [0.5, 0.6) is 0 Å². The van der Waals surface area contributed by atoms with E-state index in [2.05, 4.69) is 4.72 Å². The van der Waals surface area contributed by atoms with Crippen molar-refractivity contribution in [1.82, 2.24) is 9.03 Å². The third-order valence-corrected chi connectivity index (χ3v) is 5.27. The Morgan fingerprint density at radius 3 is 2.39 bits per heavy atom. The summed E-state index contributed by atoms with van der Waals surface area (Å²) in [7, 11) is -2.12. The minimum absolute atomic E-state index is 0.00706. The highest BCUT2D eigenvalue weighted by Crippen LogP contribution is 2.11. The molecule has 1 N–H and O–H groups in total. The lowest BCUT2D eigenvalue weighted by Gasteiger charge is -2.23. The van der Waals surface area contributed by atoms with Gasteiger partial charge >= 0.3 is 5.97 Å². The normalized spacial score (nSPS) is 13.3. The molecule has 0 aromatic heterocycles. The first-order valence-corrected chi connectivity index (χ1v) is 9.15. The summed E-state index contributed by atoms with van der Waals surface area (Å²) < 4.78 is 33.1. The molecule has 130 valence electrons. The highest BCUT2D eigenvalue weighted by Gasteiger charge is 2.25. The van der Waals surface area contributed by atoms with Gasteiger partial charge in [0.25, 0.3) is 10.2 Å². The van der Waals surface area contributed by atoms with Gasteiger partial charge in [-0.1, -0.05) is 30.3 Å². The summed E-state index contributed by atoms with van der Waals surface area (Å²) in [4.78, 5) is 12.1. The van der Waals surface area contributed by atoms with Gasteiger partial charge in [-0.3, -0.25) is 4.79 Å². The van der Waals surface area contributed by atoms with Gasteiger partial charge in [-0.15, -0.1) is 0 Å². The Balaban J connectivity index is 2.79. The molecule has 7 heteroatoms. The van der Waals surface area contributed by atoms with Crippen LogP contribution in [-0.2, 0) is 26.2 Å². The highest BCUT2D eigenvalue weighted by molar-refractivity contribution is 7.87. The standard InChI is InChI=1S/C16H26N2O4S/c1-5-22-16(19)15(11-14-9-7-6-8-10-14)12-17-23(20,21)18(4)13(2)3/h6-10,13,15,17H,5,11-12H2,1-4H3/t15-/m1/s1. The fraction of sp³-hybridized carbons (Fsp3) is 0.562. The van der Waals surface area contributed by atoms with Crippen LogP contribution in [-0.4, -0.2) is 44.9 Å². The molecule has 0 fully saturated rings. The van der Waals surface area contributed by atoms with Crippen LogP contribution in [0.25, 0.3) is 0 Å². The Labute approximate surface area is 139 Å². The molecule has 0 aliphatic carbocycles. The van der Waals surface area contributed by atoms with Crippen molar-refractivity contribution in [3.63, 3.8) is 0 Å². The predicted octanol–water partition coefficient (Wildman–Crippen LogP) is 1.58. The number of rotatable bonds is 9. The van der Waals surface area contributed by atoms with Gasteiger partial charge in [0.1, 0.15) is 0 Å². The minimum Gasteiger partial charge on any atom is -0.466 e. The Morgan fingerprint density at radius 2 is 1.87 bits per heavy atom. The van der Waals surface area contributed by atoms with Crippen LogP contribution in [0, 0.1) is 5.92 Å². The maximum absolute atomic E-state index is 12.2. The van der Waals surface area contributed by atoms with Crippen molar-refractivity contribution in [1.29, 1.82) is 0 Å². The summed E-state index contributed by atoms with van der Waals surface area (Å²) in [5.74, 6) is -0.959. The second-order valence-corrected chi connectivity index (χ2v) is 7.42. The van der Waals surface area contributed by atoms with Gasteiger partial charge in [0, 0.05) is 19.6 Å². The Bertz CT molecular complexity index is 587. The van der Waals surface area contributed by atoms with Crippen molar-refractivity contribution >= 4 is 16.2 Å². The van der Waals surface area contributed by atoms with Crippen molar-refractivity contribution in [2.45, 2.75) is 33.2 Å².